The highest BCUT2D eigenvalue weighted by molar-refractivity contribution is 5.85. The van der Waals surface area contributed by atoms with Gasteiger partial charge in [-0.3, -0.25) is 4.79 Å². The zero-order valence-corrected chi connectivity index (χ0v) is 16.7. The van der Waals surface area contributed by atoms with Gasteiger partial charge in [0.2, 0.25) is 0 Å². The van der Waals surface area contributed by atoms with E-state index < -0.39 is 52.7 Å². The Morgan fingerprint density at radius 3 is 2.29 bits per heavy atom. The minimum atomic E-state index is -4.57. The minimum Gasteiger partial charge on any atom is -0.487 e. The van der Waals surface area contributed by atoms with E-state index in [-0.39, 0.29) is 41.7 Å². The smallest absolute Gasteiger partial charge is 0.416 e. The molecule has 0 saturated heterocycles. The molecule has 0 atom stereocenters. The lowest BCUT2D eigenvalue weighted by molar-refractivity contribution is -0.140. The Balaban J connectivity index is 1.62. The van der Waals surface area contributed by atoms with E-state index in [0.717, 1.165) is 24.3 Å². The molecule has 0 aromatic heterocycles. The summed E-state index contributed by atoms with van der Waals surface area (Å²) >= 11 is 0. The maximum Gasteiger partial charge on any atom is 0.416 e. The van der Waals surface area contributed by atoms with Crippen LogP contribution in [0.1, 0.15) is 48.9 Å². The molecule has 31 heavy (non-hydrogen) atoms. The van der Waals surface area contributed by atoms with Crippen LogP contribution in [0.5, 0.6) is 11.5 Å². The van der Waals surface area contributed by atoms with Gasteiger partial charge in [0.15, 0.2) is 17.4 Å². The Morgan fingerprint density at radius 2 is 1.77 bits per heavy atom. The van der Waals surface area contributed by atoms with Gasteiger partial charge >= 0.3 is 12.1 Å². The van der Waals surface area contributed by atoms with Crippen LogP contribution in [0, 0.1) is 11.6 Å². The summed E-state index contributed by atoms with van der Waals surface area (Å²) in [7, 11) is 0. The molecular weight excluding hydrogens is 423 g/mol. The number of halogens is 5. The SMILES string of the molecule is CC1(C)Cc2c(C(F)(F)F)ccc(COc3c(F)cc(C4(C(=O)O)CC4)cc3F)c2O1. The number of carboxylic acid groups (broad SMARTS) is 1. The standard InChI is InChI=1S/C22H19F5O4/c1-20(2)9-13-14(22(25,26)27)4-3-11(17(13)31-20)10-30-18-15(23)7-12(8-16(18)24)21(5-6-21)19(28)29/h3-4,7-8H,5-6,9-10H2,1-2H3,(H,28,29). The molecule has 0 spiro atoms. The Morgan fingerprint density at radius 1 is 1.16 bits per heavy atom. The van der Waals surface area contributed by atoms with E-state index in [9.17, 15) is 31.9 Å². The highest BCUT2D eigenvalue weighted by Gasteiger charge is 2.52. The summed E-state index contributed by atoms with van der Waals surface area (Å²) in [5, 5.41) is 9.30. The molecular formula is C22H19F5O4. The summed E-state index contributed by atoms with van der Waals surface area (Å²) in [5.74, 6) is -4.03. The Labute approximate surface area is 174 Å². The van der Waals surface area contributed by atoms with Crippen molar-refractivity contribution < 1.29 is 41.3 Å². The fourth-order valence-electron chi connectivity index (χ4n) is 3.97. The molecule has 0 bridgehead atoms. The minimum absolute atomic E-state index is 0.0000667. The molecule has 1 fully saturated rings. The average Bonchev–Trinajstić information content (AvgIpc) is 3.37. The molecule has 1 aliphatic carbocycles. The number of hydrogen-bond acceptors (Lipinski definition) is 3. The van der Waals surface area contributed by atoms with Crippen molar-refractivity contribution in [1.82, 2.24) is 0 Å². The third kappa shape index (κ3) is 3.70. The number of fused-ring (bicyclic) bond motifs is 1. The van der Waals surface area contributed by atoms with Crippen LogP contribution in [0.4, 0.5) is 22.0 Å². The summed E-state index contributed by atoms with van der Waals surface area (Å²) in [6, 6.07) is 3.92. The van der Waals surface area contributed by atoms with Crippen molar-refractivity contribution in [2.45, 2.75) is 56.9 Å². The van der Waals surface area contributed by atoms with Gasteiger partial charge in [-0.25, -0.2) is 8.78 Å². The number of carboxylic acids is 1. The molecule has 1 aliphatic heterocycles. The van der Waals surface area contributed by atoms with Gasteiger partial charge < -0.3 is 14.6 Å². The summed E-state index contributed by atoms with van der Waals surface area (Å²) in [6.45, 7) is 2.87. The van der Waals surface area contributed by atoms with Crippen LogP contribution in [-0.4, -0.2) is 16.7 Å². The summed E-state index contributed by atoms with van der Waals surface area (Å²) in [4.78, 5) is 11.4. The molecule has 2 aromatic rings. The normalized spacial score (nSPS) is 18.3. The first-order valence-corrected chi connectivity index (χ1v) is 9.61. The molecule has 0 amide bonds. The van der Waals surface area contributed by atoms with Gasteiger partial charge in [-0.15, -0.1) is 0 Å². The van der Waals surface area contributed by atoms with Gasteiger partial charge in [0, 0.05) is 17.5 Å². The van der Waals surface area contributed by atoms with Crippen LogP contribution < -0.4 is 9.47 Å². The Hall–Kier alpha value is -2.84. The predicted octanol–water partition coefficient (Wildman–Crippen LogP) is 5.39. The molecule has 1 heterocycles. The van der Waals surface area contributed by atoms with Crippen LogP contribution in [0.3, 0.4) is 0 Å². The third-order valence-electron chi connectivity index (χ3n) is 5.71. The van der Waals surface area contributed by atoms with Crippen molar-refractivity contribution in [2.24, 2.45) is 0 Å². The Kier molecular flexibility index (Phi) is 4.71. The van der Waals surface area contributed by atoms with E-state index in [2.05, 4.69) is 0 Å². The quantitative estimate of drug-likeness (QED) is 0.631. The van der Waals surface area contributed by atoms with Crippen LogP contribution in [0.15, 0.2) is 24.3 Å². The van der Waals surface area contributed by atoms with Crippen molar-refractivity contribution >= 4 is 5.97 Å². The second-order valence-corrected chi connectivity index (χ2v) is 8.56. The maximum atomic E-state index is 14.5. The molecule has 0 unspecified atom stereocenters. The van der Waals surface area contributed by atoms with Crippen LogP contribution in [0.2, 0.25) is 0 Å². The number of hydrogen-bond donors (Lipinski definition) is 1. The second kappa shape index (κ2) is 6.83. The van der Waals surface area contributed by atoms with Crippen LogP contribution >= 0.6 is 0 Å². The lowest BCUT2D eigenvalue weighted by Gasteiger charge is -2.19. The van der Waals surface area contributed by atoms with E-state index in [4.69, 9.17) is 9.47 Å². The lowest BCUT2D eigenvalue weighted by Crippen LogP contribution is -2.25. The first-order valence-electron chi connectivity index (χ1n) is 9.61. The van der Waals surface area contributed by atoms with Gasteiger partial charge in [0.1, 0.15) is 18.0 Å². The second-order valence-electron chi connectivity index (χ2n) is 8.56. The molecule has 0 radical (unpaired) electrons. The molecule has 4 nitrogen and oxygen atoms in total. The van der Waals surface area contributed by atoms with E-state index >= 15 is 0 Å². The molecule has 1 N–H and O–H groups in total. The predicted molar refractivity (Wildman–Crippen MR) is 99.1 cm³/mol. The number of alkyl halides is 3. The van der Waals surface area contributed by atoms with Crippen molar-refractivity contribution in [2.75, 3.05) is 0 Å². The largest absolute Gasteiger partial charge is 0.487 e. The van der Waals surface area contributed by atoms with E-state index in [0.29, 0.717) is 0 Å². The zero-order valence-electron chi connectivity index (χ0n) is 16.7. The molecule has 166 valence electrons. The van der Waals surface area contributed by atoms with Crippen molar-refractivity contribution in [3.8, 4) is 11.5 Å². The summed E-state index contributed by atoms with van der Waals surface area (Å²) in [6.07, 6.45) is -3.97. The summed E-state index contributed by atoms with van der Waals surface area (Å²) < 4.78 is 80.0. The van der Waals surface area contributed by atoms with Gasteiger partial charge in [0.05, 0.1) is 11.0 Å². The number of rotatable bonds is 5. The molecule has 9 heteroatoms. The average molecular weight is 442 g/mol. The van der Waals surface area contributed by atoms with Crippen LogP contribution in [0.25, 0.3) is 0 Å². The fraction of sp³-hybridized carbons (Fsp3) is 0.409. The maximum absolute atomic E-state index is 14.5. The highest BCUT2D eigenvalue weighted by atomic mass is 19.4. The monoisotopic (exact) mass is 442 g/mol. The van der Waals surface area contributed by atoms with Gasteiger partial charge in [-0.1, -0.05) is 6.07 Å². The Bertz CT molecular complexity index is 1050. The van der Waals surface area contributed by atoms with Gasteiger partial charge in [-0.2, -0.15) is 13.2 Å². The van der Waals surface area contributed by atoms with Crippen molar-refractivity contribution in [3.05, 3.63) is 58.2 Å². The molecule has 1 saturated carbocycles. The number of carbonyl (C=O) groups is 1. The summed E-state index contributed by atoms with van der Waals surface area (Å²) in [5.41, 5.74) is -2.75. The molecule has 2 aromatic carbocycles. The number of ether oxygens (including phenoxy) is 2. The van der Waals surface area contributed by atoms with E-state index in [1.165, 1.54) is 0 Å². The van der Waals surface area contributed by atoms with E-state index in [1.54, 1.807) is 13.8 Å². The fourth-order valence-corrected chi connectivity index (χ4v) is 3.97. The van der Waals surface area contributed by atoms with Gasteiger partial charge in [-0.05, 0) is 50.5 Å². The number of benzene rings is 2. The van der Waals surface area contributed by atoms with Gasteiger partial charge in [0.25, 0.3) is 0 Å². The zero-order chi connectivity index (χ0) is 22.8. The first-order chi connectivity index (χ1) is 14.3. The molecule has 4 rings (SSSR count). The molecule has 2 aliphatic rings. The topological polar surface area (TPSA) is 55.8 Å². The lowest BCUT2D eigenvalue weighted by atomic mass is 9.95. The van der Waals surface area contributed by atoms with Crippen molar-refractivity contribution in [3.63, 3.8) is 0 Å². The first kappa shape index (κ1) is 21.4. The number of aliphatic carboxylic acids is 1. The van der Waals surface area contributed by atoms with Crippen LogP contribution in [-0.2, 0) is 29.4 Å². The third-order valence-corrected chi connectivity index (χ3v) is 5.71. The highest BCUT2D eigenvalue weighted by Crippen LogP contribution is 2.50. The van der Waals surface area contributed by atoms with Crippen molar-refractivity contribution in [1.29, 1.82) is 0 Å². The van der Waals surface area contributed by atoms with E-state index in [1.807, 2.05) is 0 Å².